The predicted octanol–water partition coefficient (Wildman–Crippen LogP) is 8.24. The molecule has 0 N–H and O–H groups in total. The summed E-state index contributed by atoms with van der Waals surface area (Å²) in [5.41, 5.74) is 4.29. The van der Waals surface area contributed by atoms with E-state index in [0.29, 0.717) is 31.3 Å². The van der Waals surface area contributed by atoms with E-state index in [1.54, 1.807) is 7.11 Å². The van der Waals surface area contributed by atoms with E-state index in [2.05, 4.69) is 33.8 Å². The number of hydrogen-bond donors (Lipinski definition) is 0. The van der Waals surface area contributed by atoms with Crippen LogP contribution in [0.3, 0.4) is 0 Å². The number of ether oxygens (including phenoxy) is 3. The minimum atomic E-state index is -0.165. The number of aryl methyl sites for hydroxylation is 1. The van der Waals surface area contributed by atoms with Crippen LogP contribution in [0.1, 0.15) is 71.8 Å². The lowest BCUT2D eigenvalue weighted by atomic mass is 10.1. The van der Waals surface area contributed by atoms with Crippen LogP contribution in [0.15, 0.2) is 76.6 Å². The molecule has 0 aliphatic rings. The highest BCUT2D eigenvalue weighted by atomic mass is 16.5. The molecule has 5 heteroatoms. The van der Waals surface area contributed by atoms with Gasteiger partial charge in [0.2, 0.25) is 5.75 Å². The SMILES string of the molecule is CCCCCCn1c(=O)c(OC/C=C(\C)CCC=C(C)C)c(OC)c2ccc(OCc3ccccc3)cc21. The van der Waals surface area contributed by atoms with Gasteiger partial charge in [-0.3, -0.25) is 4.79 Å². The van der Waals surface area contributed by atoms with E-state index >= 15 is 0 Å². The summed E-state index contributed by atoms with van der Waals surface area (Å²) >= 11 is 0. The van der Waals surface area contributed by atoms with Crippen molar-refractivity contribution in [1.29, 1.82) is 0 Å². The first-order valence-electron chi connectivity index (χ1n) is 13.8. The second kappa shape index (κ2) is 15.1. The summed E-state index contributed by atoms with van der Waals surface area (Å²) in [6, 6.07) is 15.9. The van der Waals surface area contributed by atoms with Crippen LogP contribution < -0.4 is 19.8 Å². The van der Waals surface area contributed by atoms with Crippen molar-refractivity contribution >= 4 is 10.9 Å². The number of unbranched alkanes of at least 4 members (excludes halogenated alkanes) is 3. The van der Waals surface area contributed by atoms with E-state index < -0.39 is 0 Å². The lowest BCUT2D eigenvalue weighted by molar-refractivity contribution is 0.306. The van der Waals surface area contributed by atoms with Gasteiger partial charge in [0.05, 0.1) is 12.6 Å². The average molecular weight is 518 g/mol. The molecule has 0 fully saturated rings. The monoisotopic (exact) mass is 517 g/mol. The van der Waals surface area contributed by atoms with Gasteiger partial charge in [0, 0.05) is 18.0 Å². The van der Waals surface area contributed by atoms with Gasteiger partial charge in [0.15, 0.2) is 5.75 Å². The molecule has 38 heavy (non-hydrogen) atoms. The molecule has 0 unspecified atom stereocenters. The van der Waals surface area contributed by atoms with Gasteiger partial charge in [0.25, 0.3) is 5.56 Å². The molecule has 2 aromatic carbocycles. The predicted molar refractivity (Wildman–Crippen MR) is 158 cm³/mol. The number of pyridine rings is 1. The van der Waals surface area contributed by atoms with E-state index in [9.17, 15) is 4.79 Å². The van der Waals surface area contributed by atoms with Crippen LogP contribution in [-0.2, 0) is 13.2 Å². The maximum atomic E-state index is 13.7. The standard InChI is InChI=1S/C33H43NO4/c1-6-7-8-12-21-34-30-23-28(38-24-27-16-10-9-11-17-27)18-19-29(30)31(36-5)32(33(34)35)37-22-20-26(4)15-13-14-25(2)3/h9-11,14,16-20,23H,6-8,12-13,15,21-22,24H2,1-5H3/b26-20+. The molecular formula is C33H43NO4. The molecule has 1 heterocycles. The third-order valence-electron chi connectivity index (χ3n) is 6.59. The Morgan fingerprint density at radius 2 is 1.71 bits per heavy atom. The summed E-state index contributed by atoms with van der Waals surface area (Å²) in [5, 5.41) is 0.842. The summed E-state index contributed by atoms with van der Waals surface area (Å²) in [5.74, 6) is 1.45. The van der Waals surface area contributed by atoms with Gasteiger partial charge < -0.3 is 18.8 Å². The van der Waals surface area contributed by atoms with Crippen molar-refractivity contribution in [3.63, 3.8) is 0 Å². The summed E-state index contributed by atoms with van der Waals surface area (Å²) in [6.45, 7) is 9.92. The first-order valence-corrected chi connectivity index (χ1v) is 13.8. The van der Waals surface area contributed by atoms with Gasteiger partial charge >= 0.3 is 0 Å². The first kappa shape index (κ1) is 29.1. The van der Waals surface area contributed by atoms with Crippen molar-refractivity contribution in [2.24, 2.45) is 0 Å². The van der Waals surface area contributed by atoms with E-state index in [1.807, 2.05) is 59.2 Å². The fraction of sp³-hybridized carbons (Fsp3) is 0.424. The molecule has 204 valence electrons. The summed E-state index contributed by atoms with van der Waals surface area (Å²) < 4.78 is 19.7. The van der Waals surface area contributed by atoms with Crippen LogP contribution in [0, 0.1) is 0 Å². The van der Waals surface area contributed by atoms with Crippen molar-refractivity contribution in [3.8, 4) is 17.2 Å². The molecule has 5 nitrogen and oxygen atoms in total. The quantitative estimate of drug-likeness (QED) is 0.150. The molecule has 1 aromatic heterocycles. The maximum absolute atomic E-state index is 13.7. The molecule has 3 aromatic rings. The van der Waals surface area contributed by atoms with Crippen LogP contribution in [0.2, 0.25) is 0 Å². The summed E-state index contributed by atoms with van der Waals surface area (Å²) in [4.78, 5) is 13.7. The number of rotatable bonds is 15. The molecule has 0 radical (unpaired) electrons. The van der Waals surface area contributed by atoms with Crippen molar-refractivity contribution in [3.05, 3.63) is 87.7 Å². The zero-order valence-corrected chi connectivity index (χ0v) is 23.7. The zero-order valence-electron chi connectivity index (χ0n) is 23.7. The zero-order chi connectivity index (χ0) is 27.3. The van der Waals surface area contributed by atoms with Crippen molar-refractivity contribution in [2.75, 3.05) is 13.7 Å². The maximum Gasteiger partial charge on any atom is 0.297 e. The van der Waals surface area contributed by atoms with Gasteiger partial charge in [-0.1, -0.05) is 73.7 Å². The summed E-state index contributed by atoms with van der Waals surface area (Å²) in [6.07, 6.45) is 10.5. The third kappa shape index (κ3) is 8.27. The Morgan fingerprint density at radius 3 is 2.42 bits per heavy atom. The topological polar surface area (TPSA) is 49.7 Å². The second-order valence-electron chi connectivity index (χ2n) is 10.0. The van der Waals surface area contributed by atoms with Gasteiger partial charge in [-0.2, -0.15) is 0 Å². The molecule has 0 bridgehead atoms. The molecule has 0 saturated heterocycles. The molecule has 0 atom stereocenters. The van der Waals surface area contributed by atoms with Crippen LogP contribution in [0.25, 0.3) is 10.9 Å². The number of allylic oxidation sites excluding steroid dienone is 3. The number of nitrogens with zero attached hydrogens (tertiary/aromatic N) is 1. The lowest BCUT2D eigenvalue weighted by Crippen LogP contribution is -2.24. The van der Waals surface area contributed by atoms with Gasteiger partial charge in [-0.15, -0.1) is 0 Å². The molecule has 0 spiro atoms. The summed E-state index contributed by atoms with van der Waals surface area (Å²) in [7, 11) is 1.59. The normalized spacial score (nSPS) is 11.4. The molecule has 0 aliphatic heterocycles. The fourth-order valence-corrected chi connectivity index (χ4v) is 4.42. The van der Waals surface area contributed by atoms with Crippen LogP contribution >= 0.6 is 0 Å². The Bertz CT molecular complexity index is 1280. The van der Waals surface area contributed by atoms with E-state index in [4.69, 9.17) is 14.2 Å². The van der Waals surface area contributed by atoms with Gasteiger partial charge in [-0.25, -0.2) is 0 Å². The van der Waals surface area contributed by atoms with Crippen molar-refractivity contribution in [1.82, 2.24) is 4.57 Å². The number of hydrogen-bond acceptors (Lipinski definition) is 4. The Kier molecular flexibility index (Phi) is 11.5. The van der Waals surface area contributed by atoms with Crippen molar-refractivity contribution in [2.45, 2.75) is 79.4 Å². The Morgan fingerprint density at radius 1 is 0.921 bits per heavy atom. The fourth-order valence-electron chi connectivity index (χ4n) is 4.42. The Balaban J connectivity index is 1.91. The van der Waals surface area contributed by atoms with E-state index in [-0.39, 0.29) is 11.3 Å². The number of aromatic nitrogens is 1. The molecule has 3 rings (SSSR count). The highest BCUT2D eigenvalue weighted by molar-refractivity contribution is 5.89. The van der Waals surface area contributed by atoms with Crippen LogP contribution in [-0.4, -0.2) is 18.3 Å². The number of fused-ring (bicyclic) bond motifs is 1. The third-order valence-corrected chi connectivity index (χ3v) is 6.59. The molecule has 0 amide bonds. The minimum Gasteiger partial charge on any atom is -0.492 e. The first-order chi connectivity index (χ1) is 18.4. The van der Waals surface area contributed by atoms with Crippen molar-refractivity contribution < 1.29 is 14.2 Å². The highest BCUT2D eigenvalue weighted by Gasteiger charge is 2.19. The van der Waals surface area contributed by atoms with Gasteiger partial charge in [0.1, 0.15) is 19.0 Å². The number of methoxy groups -OCH3 is 1. The average Bonchev–Trinajstić information content (AvgIpc) is 2.91. The van der Waals surface area contributed by atoms with E-state index in [1.165, 1.54) is 11.1 Å². The van der Waals surface area contributed by atoms with Gasteiger partial charge in [-0.05, 0) is 63.8 Å². The molecular weight excluding hydrogens is 474 g/mol. The molecule has 0 saturated carbocycles. The second-order valence-corrected chi connectivity index (χ2v) is 10.0. The highest BCUT2D eigenvalue weighted by Crippen LogP contribution is 2.35. The Hall–Kier alpha value is -3.47. The smallest absolute Gasteiger partial charge is 0.297 e. The van der Waals surface area contributed by atoms with Crippen LogP contribution in [0.4, 0.5) is 0 Å². The Labute approximate surface area is 227 Å². The van der Waals surface area contributed by atoms with E-state index in [0.717, 1.165) is 55.0 Å². The molecule has 0 aliphatic carbocycles. The number of benzene rings is 2. The van der Waals surface area contributed by atoms with Crippen LogP contribution in [0.5, 0.6) is 17.2 Å². The largest absolute Gasteiger partial charge is 0.492 e. The lowest BCUT2D eigenvalue weighted by Gasteiger charge is -2.18. The minimum absolute atomic E-state index is 0.165.